The van der Waals surface area contributed by atoms with Crippen molar-refractivity contribution in [3.8, 4) is 0 Å². The van der Waals surface area contributed by atoms with Crippen molar-refractivity contribution < 1.29 is 4.92 Å². The largest absolute Gasteiger partial charge is 0.313 e. The molecule has 1 rings (SSSR count). The third kappa shape index (κ3) is 3.49. The quantitative estimate of drug-likeness (QED) is 0.479. The highest BCUT2D eigenvalue weighted by molar-refractivity contribution is 6.32. The van der Waals surface area contributed by atoms with Crippen molar-refractivity contribution in [2.45, 2.75) is 19.9 Å². The molecule has 1 aromatic carbocycles. The summed E-state index contributed by atoms with van der Waals surface area (Å²) in [6, 6.07) is 4.85. The fraction of sp³-hybridized carbons (Fsp3) is 0.400. The minimum absolute atomic E-state index is 0.0348. The van der Waals surface area contributed by atoms with Gasteiger partial charge in [-0.25, -0.2) is 0 Å². The lowest BCUT2D eigenvalue weighted by Crippen LogP contribution is -2.13. The Morgan fingerprint density at radius 2 is 2.27 bits per heavy atom. The molecule has 15 heavy (non-hydrogen) atoms. The molecule has 82 valence electrons. The topological polar surface area (TPSA) is 55.2 Å². The summed E-state index contributed by atoms with van der Waals surface area (Å²) in [5, 5.41) is 14.0. The molecule has 0 aromatic heterocycles. The summed E-state index contributed by atoms with van der Waals surface area (Å²) < 4.78 is 0. The summed E-state index contributed by atoms with van der Waals surface area (Å²) in [6.07, 6.45) is 1.04. The van der Waals surface area contributed by atoms with Crippen LogP contribution in [0.4, 0.5) is 5.69 Å². The van der Waals surface area contributed by atoms with Crippen LogP contribution in [0.15, 0.2) is 18.2 Å². The Hall–Kier alpha value is -1.13. The molecule has 0 heterocycles. The first-order valence-electron chi connectivity index (χ1n) is 4.78. The lowest BCUT2D eigenvalue weighted by molar-refractivity contribution is -0.384. The van der Waals surface area contributed by atoms with E-state index in [-0.39, 0.29) is 10.7 Å². The van der Waals surface area contributed by atoms with Crippen LogP contribution in [0.2, 0.25) is 5.02 Å². The molecule has 0 aliphatic carbocycles. The smallest absolute Gasteiger partial charge is 0.288 e. The van der Waals surface area contributed by atoms with Crippen LogP contribution in [0.3, 0.4) is 0 Å². The first-order valence-corrected chi connectivity index (χ1v) is 5.16. The van der Waals surface area contributed by atoms with E-state index in [0.29, 0.717) is 6.54 Å². The molecule has 0 fully saturated rings. The maximum absolute atomic E-state index is 10.6. The van der Waals surface area contributed by atoms with E-state index >= 15 is 0 Å². The summed E-state index contributed by atoms with van der Waals surface area (Å²) in [6.45, 7) is 3.60. The third-order valence-corrected chi connectivity index (χ3v) is 2.28. The number of nitro groups is 1. The van der Waals surface area contributed by atoms with Gasteiger partial charge in [-0.3, -0.25) is 10.1 Å². The van der Waals surface area contributed by atoms with E-state index in [1.165, 1.54) is 6.07 Å². The van der Waals surface area contributed by atoms with E-state index in [1.807, 2.05) is 0 Å². The van der Waals surface area contributed by atoms with Crippen molar-refractivity contribution in [2.75, 3.05) is 6.54 Å². The van der Waals surface area contributed by atoms with E-state index in [1.54, 1.807) is 12.1 Å². The zero-order chi connectivity index (χ0) is 11.3. The Morgan fingerprint density at radius 1 is 1.53 bits per heavy atom. The van der Waals surface area contributed by atoms with Crippen molar-refractivity contribution in [2.24, 2.45) is 0 Å². The molecule has 0 atom stereocenters. The average molecular weight is 229 g/mol. The molecule has 1 aromatic rings. The lowest BCUT2D eigenvalue weighted by atomic mass is 10.2. The van der Waals surface area contributed by atoms with Gasteiger partial charge < -0.3 is 5.32 Å². The van der Waals surface area contributed by atoms with E-state index < -0.39 is 4.92 Å². The fourth-order valence-electron chi connectivity index (χ4n) is 1.22. The summed E-state index contributed by atoms with van der Waals surface area (Å²) in [7, 11) is 0. The number of hydrogen-bond donors (Lipinski definition) is 1. The van der Waals surface area contributed by atoms with Crippen LogP contribution in [-0.4, -0.2) is 11.5 Å². The predicted octanol–water partition coefficient (Wildman–Crippen LogP) is 2.75. The molecular weight excluding hydrogens is 216 g/mol. The summed E-state index contributed by atoms with van der Waals surface area (Å²) in [5.41, 5.74) is 0.840. The minimum atomic E-state index is -0.467. The number of halogens is 1. The zero-order valence-corrected chi connectivity index (χ0v) is 9.25. The van der Waals surface area contributed by atoms with Gasteiger partial charge in [0.1, 0.15) is 5.02 Å². The zero-order valence-electron chi connectivity index (χ0n) is 8.50. The van der Waals surface area contributed by atoms with Gasteiger partial charge in [0.05, 0.1) is 4.92 Å². The van der Waals surface area contributed by atoms with Gasteiger partial charge >= 0.3 is 0 Å². The molecule has 4 nitrogen and oxygen atoms in total. The monoisotopic (exact) mass is 228 g/mol. The number of nitro benzene ring substituents is 1. The number of hydrogen-bond acceptors (Lipinski definition) is 3. The lowest BCUT2D eigenvalue weighted by Gasteiger charge is -2.03. The second-order valence-electron chi connectivity index (χ2n) is 3.22. The van der Waals surface area contributed by atoms with Crippen LogP contribution >= 0.6 is 11.6 Å². The molecule has 0 unspecified atom stereocenters. The summed E-state index contributed by atoms with van der Waals surface area (Å²) in [5.74, 6) is 0. The van der Waals surface area contributed by atoms with E-state index in [0.717, 1.165) is 18.5 Å². The van der Waals surface area contributed by atoms with Gasteiger partial charge in [0, 0.05) is 12.6 Å². The van der Waals surface area contributed by atoms with Crippen LogP contribution < -0.4 is 5.32 Å². The van der Waals surface area contributed by atoms with Gasteiger partial charge in [-0.1, -0.05) is 24.6 Å². The summed E-state index contributed by atoms with van der Waals surface area (Å²) >= 11 is 5.69. The van der Waals surface area contributed by atoms with Crippen LogP contribution in [0, 0.1) is 10.1 Å². The molecule has 0 aliphatic heterocycles. The van der Waals surface area contributed by atoms with Crippen LogP contribution in [-0.2, 0) is 6.54 Å². The number of rotatable bonds is 5. The number of nitrogens with zero attached hydrogens (tertiary/aromatic N) is 1. The molecule has 0 spiro atoms. The van der Waals surface area contributed by atoms with Crippen molar-refractivity contribution >= 4 is 17.3 Å². The van der Waals surface area contributed by atoms with Gasteiger partial charge in [-0.05, 0) is 24.6 Å². The average Bonchev–Trinajstić information content (AvgIpc) is 2.20. The minimum Gasteiger partial charge on any atom is -0.313 e. The predicted molar refractivity (Wildman–Crippen MR) is 60.1 cm³/mol. The first kappa shape index (κ1) is 11.9. The van der Waals surface area contributed by atoms with Crippen LogP contribution in [0.1, 0.15) is 18.9 Å². The van der Waals surface area contributed by atoms with Crippen molar-refractivity contribution in [3.63, 3.8) is 0 Å². The Kier molecular flexibility index (Phi) is 4.52. The van der Waals surface area contributed by atoms with Crippen molar-refractivity contribution in [1.82, 2.24) is 5.32 Å². The van der Waals surface area contributed by atoms with Gasteiger partial charge in [0.2, 0.25) is 0 Å². The number of nitrogens with one attached hydrogen (secondary N) is 1. The van der Waals surface area contributed by atoms with E-state index in [9.17, 15) is 10.1 Å². The van der Waals surface area contributed by atoms with Gasteiger partial charge in [-0.15, -0.1) is 0 Å². The van der Waals surface area contributed by atoms with E-state index in [2.05, 4.69) is 12.2 Å². The normalized spacial score (nSPS) is 10.3. The maximum atomic E-state index is 10.6. The molecule has 0 saturated carbocycles. The fourth-order valence-corrected chi connectivity index (χ4v) is 1.40. The van der Waals surface area contributed by atoms with Crippen LogP contribution in [0.25, 0.3) is 0 Å². The highest BCUT2D eigenvalue weighted by Gasteiger charge is 2.12. The van der Waals surface area contributed by atoms with Crippen molar-refractivity contribution in [3.05, 3.63) is 38.9 Å². The van der Waals surface area contributed by atoms with Gasteiger partial charge in [0.25, 0.3) is 5.69 Å². The van der Waals surface area contributed by atoms with Gasteiger partial charge in [0.15, 0.2) is 0 Å². The molecule has 5 heteroatoms. The van der Waals surface area contributed by atoms with Gasteiger partial charge in [-0.2, -0.15) is 0 Å². The Morgan fingerprint density at radius 3 is 2.87 bits per heavy atom. The molecule has 0 radical (unpaired) electrons. The second-order valence-corrected chi connectivity index (χ2v) is 3.63. The molecule has 1 N–H and O–H groups in total. The van der Waals surface area contributed by atoms with Crippen LogP contribution in [0.5, 0.6) is 0 Å². The second kappa shape index (κ2) is 5.68. The molecule has 0 amide bonds. The molecule has 0 aliphatic rings. The van der Waals surface area contributed by atoms with E-state index in [4.69, 9.17) is 11.6 Å². The Labute approximate surface area is 93.4 Å². The first-order chi connectivity index (χ1) is 7.15. The standard InChI is InChI=1S/C10H13ClN2O2/c1-2-5-12-7-8-3-4-9(11)10(6-8)13(14)15/h3-4,6,12H,2,5,7H2,1H3. The Bertz CT molecular complexity index is 355. The number of benzene rings is 1. The highest BCUT2D eigenvalue weighted by Crippen LogP contribution is 2.24. The Balaban J connectivity index is 2.74. The highest BCUT2D eigenvalue weighted by atomic mass is 35.5. The summed E-state index contributed by atoms with van der Waals surface area (Å²) in [4.78, 5) is 10.1. The third-order valence-electron chi connectivity index (χ3n) is 1.96. The molecule has 0 bridgehead atoms. The molecular formula is C10H13ClN2O2. The SMILES string of the molecule is CCCNCc1ccc(Cl)c([N+](=O)[O-])c1. The van der Waals surface area contributed by atoms with Crippen molar-refractivity contribution in [1.29, 1.82) is 0 Å². The maximum Gasteiger partial charge on any atom is 0.288 e. The molecule has 0 saturated heterocycles.